The molecule has 3 aliphatic rings. The molecule has 1 spiro atoms. The number of hydrogen-bond acceptors (Lipinski definition) is 7. The maximum Gasteiger partial charge on any atom is 0.247 e. The summed E-state index contributed by atoms with van der Waals surface area (Å²) in [4.78, 5) is 43.2. The third kappa shape index (κ3) is 3.81. The van der Waals surface area contributed by atoms with Gasteiger partial charge in [-0.25, -0.2) is 4.68 Å². The predicted molar refractivity (Wildman–Crippen MR) is 138 cm³/mol. The number of aliphatic hydroxyl groups is 1. The number of carbonyl (C=O) groups is 3. The van der Waals surface area contributed by atoms with Gasteiger partial charge < -0.3 is 25.4 Å². The van der Waals surface area contributed by atoms with E-state index in [-0.39, 0.29) is 36.9 Å². The molecule has 3 aliphatic heterocycles. The first-order valence-electron chi connectivity index (χ1n) is 13.7. The van der Waals surface area contributed by atoms with E-state index in [1.54, 1.807) is 4.68 Å². The Morgan fingerprint density at radius 2 is 1.95 bits per heavy atom. The number of carbonyl (C=O) groups excluding carboxylic acids is 3. The number of aromatic nitrogens is 3. The van der Waals surface area contributed by atoms with Crippen molar-refractivity contribution in [2.75, 3.05) is 13.2 Å². The van der Waals surface area contributed by atoms with Crippen molar-refractivity contribution < 1.29 is 24.2 Å². The molecule has 0 aliphatic carbocycles. The number of nitrogens with one attached hydrogen (secondary N) is 2. The number of ether oxygens (including phenoxy) is 1. The lowest BCUT2D eigenvalue weighted by Crippen LogP contribution is -2.59. The van der Waals surface area contributed by atoms with Gasteiger partial charge in [-0.15, -0.1) is 5.10 Å². The van der Waals surface area contributed by atoms with E-state index in [1.807, 2.05) is 52.0 Å². The molecular weight excluding hydrogens is 488 g/mol. The highest BCUT2D eigenvalue weighted by molar-refractivity contribution is 5.99. The van der Waals surface area contributed by atoms with Crippen LogP contribution in [0.5, 0.6) is 0 Å². The van der Waals surface area contributed by atoms with Crippen LogP contribution >= 0.6 is 0 Å². The third-order valence-corrected chi connectivity index (χ3v) is 8.84. The summed E-state index contributed by atoms with van der Waals surface area (Å²) in [6, 6.07) is 5.88. The fourth-order valence-electron chi connectivity index (χ4n) is 6.97. The summed E-state index contributed by atoms with van der Waals surface area (Å²) in [7, 11) is 0. The normalized spacial score (nSPS) is 30.7. The monoisotopic (exact) mass is 526 g/mol. The highest BCUT2D eigenvalue weighted by Gasteiger charge is 2.79. The number of likely N-dealkylation sites (tertiary alicyclic amines) is 1. The molecule has 3 amide bonds. The standard InChI is InChI=1S/C27H38N6O5/c1-5-13-28-23(35)20-21-25(37)33(19(14-34)16(3)4)22(27(21)12-11-26(20,6-2)38-27)24(36)29-15-32-18-10-8-7-9-17(18)30-31-32/h7-10,16,19-22,34H,5-6,11-15H2,1-4H3,(H,28,35)(H,29,36)/t19-,20-,21-,22?,26+,27?/m0/s1. The van der Waals surface area contributed by atoms with Crippen LogP contribution in [0.3, 0.4) is 0 Å². The van der Waals surface area contributed by atoms with Crippen LogP contribution in [0.4, 0.5) is 0 Å². The minimum atomic E-state index is -1.14. The van der Waals surface area contributed by atoms with Crippen LogP contribution in [-0.2, 0) is 25.8 Å². The van der Waals surface area contributed by atoms with Crippen molar-refractivity contribution in [2.45, 2.75) is 83.3 Å². The van der Waals surface area contributed by atoms with Crippen LogP contribution in [0.25, 0.3) is 11.0 Å². The minimum absolute atomic E-state index is 0.0590. The maximum atomic E-state index is 14.2. The number of aliphatic hydroxyl groups excluding tert-OH is 1. The molecule has 11 heteroatoms. The molecule has 2 aromatic rings. The second-order valence-corrected chi connectivity index (χ2v) is 11.1. The highest BCUT2D eigenvalue weighted by atomic mass is 16.5. The quantitative estimate of drug-likeness (QED) is 0.423. The number of fused-ring (bicyclic) bond motifs is 2. The second kappa shape index (κ2) is 9.92. The summed E-state index contributed by atoms with van der Waals surface area (Å²) in [5.74, 6) is -2.47. The molecule has 0 radical (unpaired) electrons. The van der Waals surface area contributed by atoms with Gasteiger partial charge in [0.2, 0.25) is 17.7 Å². The van der Waals surface area contributed by atoms with Gasteiger partial charge in [0.05, 0.1) is 35.6 Å². The van der Waals surface area contributed by atoms with Crippen LogP contribution < -0.4 is 10.6 Å². The Kier molecular flexibility index (Phi) is 6.93. The topological polar surface area (TPSA) is 139 Å². The zero-order valence-electron chi connectivity index (χ0n) is 22.5. The molecule has 6 atom stereocenters. The van der Waals surface area contributed by atoms with E-state index in [9.17, 15) is 19.5 Å². The van der Waals surface area contributed by atoms with Gasteiger partial charge in [0, 0.05) is 6.54 Å². The molecule has 1 aromatic heterocycles. The van der Waals surface area contributed by atoms with Crippen molar-refractivity contribution in [1.29, 1.82) is 0 Å². The van der Waals surface area contributed by atoms with Gasteiger partial charge in [0.1, 0.15) is 23.8 Å². The summed E-state index contributed by atoms with van der Waals surface area (Å²) < 4.78 is 8.34. The average Bonchev–Trinajstić information content (AvgIpc) is 3.63. The van der Waals surface area contributed by atoms with Gasteiger partial charge in [0.15, 0.2) is 0 Å². The van der Waals surface area contributed by atoms with Gasteiger partial charge in [-0.1, -0.05) is 45.0 Å². The molecule has 3 saturated heterocycles. The van der Waals surface area contributed by atoms with Crippen LogP contribution in [0, 0.1) is 17.8 Å². The van der Waals surface area contributed by atoms with Crippen molar-refractivity contribution in [2.24, 2.45) is 17.8 Å². The predicted octanol–water partition coefficient (Wildman–Crippen LogP) is 1.20. The molecule has 1 aromatic carbocycles. The lowest BCUT2D eigenvalue weighted by atomic mass is 9.65. The first kappa shape index (κ1) is 26.6. The Bertz CT molecular complexity index is 1230. The molecule has 206 valence electrons. The van der Waals surface area contributed by atoms with E-state index < -0.39 is 35.1 Å². The van der Waals surface area contributed by atoms with Gasteiger partial charge in [-0.3, -0.25) is 14.4 Å². The highest BCUT2D eigenvalue weighted by Crippen LogP contribution is 2.64. The van der Waals surface area contributed by atoms with Crippen molar-refractivity contribution >= 4 is 28.8 Å². The molecule has 3 N–H and O–H groups in total. The van der Waals surface area contributed by atoms with E-state index in [0.717, 1.165) is 11.9 Å². The van der Waals surface area contributed by atoms with Crippen LogP contribution in [0.1, 0.15) is 53.4 Å². The smallest absolute Gasteiger partial charge is 0.247 e. The van der Waals surface area contributed by atoms with E-state index in [4.69, 9.17) is 4.74 Å². The van der Waals surface area contributed by atoms with Crippen LogP contribution in [0.2, 0.25) is 0 Å². The number of rotatable bonds is 10. The molecule has 4 heterocycles. The van der Waals surface area contributed by atoms with E-state index in [2.05, 4.69) is 20.9 Å². The molecule has 3 fully saturated rings. The average molecular weight is 527 g/mol. The second-order valence-electron chi connectivity index (χ2n) is 11.1. The molecular formula is C27H38N6O5. The molecule has 2 bridgehead atoms. The molecule has 2 unspecified atom stereocenters. The zero-order valence-corrected chi connectivity index (χ0v) is 22.5. The van der Waals surface area contributed by atoms with Crippen LogP contribution in [-0.4, -0.2) is 79.2 Å². The Morgan fingerprint density at radius 3 is 2.63 bits per heavy atom. The largest absolute Gasteiger partial charge is 0.394 e. The van der Waals surface area contributed by atoms with Crippen molar-refractivity contribution in [1.82, 2.24) is 30.5 Å². The van der Waals surface area contributed by atoms with Gasteiger partial charge >= 0.3 is 0 Å². The van der Waals surface area contributed by atoms with Gasteiger partial charge in [-0.05, 0) is 43.7 Å². The number of benzene rings is 1. The Balaban J connectivity index is 1.52. The van der Waals surface area contributed by atoms with Gasteiger partial charge in [0.25, 0.3) is 0 Å². The summed E-state index contributed by atoms with van der Waals surface area (Å²) in [5, 5.41) is 24.5. The lowest BCUT2D eigenvalue weighted by Gasteiger charge is -2.38. The lowest BCUT2D eigenvalue weighted by molar-refractivity contribution is -0.152. The molecule has 38 heavy (non-hydrogen) atoms. The molecule has 0 saturated carbocycles. The van der Waals surface area contributed by atoms with Gasteiger partial charge in [-0.2, -0.15) is 0 Å². The minimum Gasteiger partial charge on any atom is -0.394 e. The van der Waals surface area contributed by atoms with Crippen molar-refractivity contribution in [3.8, 4) is 0 Å². The number of para-hydroxylation sites is 1. The number of hydrogen-bond donors (Lipinski definition) is 3. The Labute approximate surface area is 222 Å². The van der Waals surface area contributed by atoms with Crippen molar-refractivity contribution in [3.63, 3.8) is 0 Å². The molecule has 5 rings (SSSR count). The van der Waals surface area contributed by atoms with E-state index >= 15 is 0 Å². The fraction of sp³-hybridized carbons (Fsp3) is 0.667. The van der Waals surface area contributed by atoms with E-state index in [1.165, 1.54) is 4.90 Å². The third-order valence-electron chi connectivity index (χ3n) is 8.84. The summed E-state index contributed by atoms with van der Waals surface area (Å²) in [6.45, 7) is 8.04. The number of amides is 3. The SMILES string of the molecule is CCCNC(=O)[C@@H]1[C@H]2C(=O)N([C@@H](CO)C(C)C)C(C(=O)NCn3nnc4ccccc43)C23CC[C@@]1(CC)O3. The molecule has 11 nitrogen and oxygen atoms in total. The van der Waals surface area contributed by atoms with E-state index in [0.29, 0.717) is 31.3 Å². The maximum absolute atomic E-state index is 14.2. The summed E-state index contributed by atoms with van der Waals surface area (Å²) in [6.07, 6.45) is 2.42. The first-order chi connectivity index (χ1) is 18.2. The van der Waals surface area contributed by atoms with Crippen LogP contribution in [0.15, 0.2) is 24.3 Å². The zero-order chi connectivity index (χ0) is 27.2. The Morgan fingerprint density at radius 1 is 1.18 bits per heavy atom. The summed E-state index contributed by atoms with van der Waals surface area (Å²) >= 11 is 0. The van der Waals surface area contributed by atoms with Crippen molar-refractivity contribution in [3.05, 3.63) is 24.3 Å². The first-order valence-corrected chi connectivity index (χ1v) is 13.7. The summed E-state index contributed by atoms with van der Waals surface area (Å²) in [5.41, 5.74) is -0.452. The fourth-order valence-corrected chi connectivity index (χ4v) is 6.97. The number of nitrogens with zero attached hydrogens (tertiary/aromatic N) is 4. The Hall–Kier alpha value is -3.05.